The highest BCUT2D eigenvalue weighted by Crippen LogP contribution is 2.37. The van der Waals surface area contributed by atoms with E-state index in [9.17, 15) is 0 Å². The van der Waals surface area contributed by atoms with Crippen molar-refractivity contribution < 1.29 is 13.9 Å². The third-order valence-corrected chi connectivity index (χ3v) is 13.4. The zero-order valence-electron chi connectivity index (χ0n) is 25.0. The highest BCUT2D eigenvalue weighted by Gasteiger charge is 2.52. The Morgan fingerprint density at radius 1 is 0.690 bits per heavy atom. The van der Waals surface area contributed by atoms with E-state index in [1.54, 1.807) is 0 Å². The largest absolute Gasteiger partial charge is 0.405 e. The van der Waals surface area contributed by atoms with Crippen LogP contribution >= 0.6 is 12.2 Å². The van der Waals surface area contributed by atoms with E-state index < -0.39 is 8.32 Å². The molecule has 42 heavy (non-hydrogen) atoms. The Hall–Kier alpha value is -3.13. The van der Waals surface area contributed by atoms with Crippen molar-refractivity contribution in [3.05, 3.63) is 132 Å². The predicted octanol–water partition coefficient (Wildman–Crippen LogP) is 6.34. The second-order valence-corrected chi connectivity index (χ2v) is 16.8. The normalized spacial score (nSPS) is 19.0. The van der Waals surface area contributed by atoms with Crippen LogP contribution in [0.2, 0.25) is 5.04 Å². The fourth-order valence-electron chi connectivity index (χ4n) is 5.83. The number of ether oxygens (including phenoxy) is 2. The second-order valence-electron chi connectivity index (χ2n) is 12.1. The SMILES string of the molecule is Cc1ccc(COC2C(CO[Si](c3ccccc3)(c3ccccc3)C(C)(C)C)NC(=S)C2OCc2ccccc2)cc1. The molecule has 1 saturated heterocycles. The fraction of sp³-hybridized carbons (Fsp3) is 0.306. The minimum Gasteiger partial charge on any atom is -0.405 e. The van der Waals surface area contributed by atoms with Gasteiger partial charge in [-0.05, 0) is 33.5 Å². The first kappa shape index (κ1) is 30.3. The summed E-state index contributed by atoms with van der Waals surface area (Å²) in [6.45, 7) is 10.3. The van der Waals surface area contributed by atoms with E-state index in [-0.39, 0.29) is 23.3 Å². The number of benzene rings is 4. The molecule has 1 aliphatic heterocycles. The Morgan fingerprint density at radius 2 is 1.19 bits per heavy atom. The van der Waals surface area contributed by atoms with Crippen LogP contribution in [0.25, 0.3) is 0 Å². The van der Waals surface area contributed by atoms with Crippen molar-refractivity contribution in [2.45, 2.75) is 64.2 Å². The number of rotatable bonds is 11. The zero-order chi connectivity index (χ0) is 29.6. The summed E-state index contributed by atoms with van der Waals surface area (Å²) in [5.41, 5.74) is 3.44. The van der Waals surface area contributed by atoms with Crippen molar-refractivity contribution in [2.75, 3.05) is 6.61 Å². The summed E-state index contributed by atoms with van der Waals surface area (Å²) in [4.78, 5) is 0.663. The molecule has 5 rings (SSSR count). The molecule has 4 nitrogen and oxygen atoms in total. The van der Waals surface area contributed by atoms with E-state index in [2.05, 4.69) is 130 Å². The van der Waals surface area contributed by atoms with E-state index in [0.717, 1.165) is 11.1 Å². The average molecular weight is 596 g/mol. The van der Waals surface area contributed by atoms with Gasteiger partial charge in [-0.2, -0.15) is 0 Å². The topological polar surface area (TPSA) is 39.7 Å². The van der Waals surface area contributed by atoms with Crippen molar-refractivity contribution in [2.24, 2.45) is 0 Å². The highest BCUT2D eigenvalue weighted by molar-refractivity contribution is 7.80. The van der Waals surface area contributed by atoms with E-state index in [4.69, 9.17) is 26.1 Å². The first-order chi connectivity index (χ1) is 20.3. The van der Waals surface area contributed by atoms with Gasteiger partial charge in [-0.15, -0.1) is 0 Å². The van der Waals surface area contributed by atoms with Crippen LogP contribution in [0.3, 0.4) is 0 Å². The Morgan fingerprint density at radius 3 is 1.74 bits per heavy atom. The molecular formula is C36H41NO3SSi. The summed E-state index contributed by atoms with van der Waals surface area (Å²) in [7, 11) is -2.73. The summed E-state index contributed by atoms with van der Waals surface area (Å²) >= 11 is 5.87. The minimum atomic E-state index is -2.73. The van der Waals surface area contributed by atoms with E-state index >= 15 is 0 Å². The highest BCUT2D eigenvalue weighted by atomic mass is 32.1. The Bertz CT molecular complexity index is 1390. The van der Waals surface area contributed by atoms with Gasteiger partial charge < -0.3 is 19.2 Å². The molecule has 3 atom stereocenters. The lowest BCUT2D eigenvalue weighted by atomic mass is 10.1. The Kier molecular flexibility index (Phi) is 9.71. The number of thiocarbonyl (C=S) groups is 1. The van der Waals surface area contributed by atoms with Crippen LogP contribution in [0.15, 0.2) is 115 Å². The molecule has 3 unspecified atom stereocenters. The second kappa shape index (κ2) is 13.4. The van der Waals surface area contributed by atoms with Gasteiger partial charge in [0.25, 0.3) is 8.32 Å². The molecule has 1 fully saturated rings. The van der Waals surface area contributed by atoms with Crippen molar-refractivity contribution in [1.82, 2.24) is 5.32 Å². The maximum absolute atomic E-state index is 7.29. The number of aryl methyl sites for hydroxylation is 1. The van der Waals surface area contributed by atoms with Gasteiger partial charge in [0.2, 0.25) is 0 Å². The van der Waals surface area contributed by atoms with Gasteiger partial charge in [0, 0.05) is 0 Å². The Balaban J connectivity index is 1.44. The van der Waals surface area contributed by atoms with Gasteiger partial charge in [-0.1, -0.05) is 154 Å². The van der Waals surface area contributed by atoms with Gasteiger partial charge in [0.15, 0.2) is 0 Å². The van der Waals surface area contributed by atoms with E-state index in [1.807, 2.05) is 18.2 Å². The molecule has 1 aliphatic rings. The zero-order valence-corrected chi connectivity index (χ0v) is 26.8. The summed E-state index contributed by atoms with van der Waals surface area (Å²) in [5.74, 6) is 0. The molecule has 6 heteroatoms. The molecule has 0 aromatic heterocycles. The van der Waals surface area contributed by atoms with Crippen molar-refractivity contribution in [3.8, 4) is 0 Å². The lowest BCUT2D eigenvalue weighted by Gasteiger charge is -2.43. The third kappa shape index (κ3) is 6.74. The van der Waals surface area contributed by atoms with Gasteiger partial charge in [-0.25, -0.2) is 0 Å². The summed E-state index contributed by atoms with van der Waals surface area (Å²) in [6, 6.07) is 39.9. The van der Waals surface area contributed by atoms with Crippen molar-refractivity contribution in [1.29, 1.82) is 0 Å². The molecule has 1 heterocycles. The summed E-state index contributed by atoms with van der Waals surface area (Å²) in [5, 5.41) is 5.91. The molecule has 218 valence electrons. The monoisotopic (exact) mass is 595 g/mol. The lowest BCUT2D eigenvalue weighted by Crippen LogP contribution is -2.67. The van der Waals surface area contributed by atoms with Crippen LogP contribution in [0.1, 0.15) is 37.5 Å². The van der Waals surface area contributed by atoms with Gasteiger partial charge in [0.05, 0.1) is 25.9 Å². The Labute approximate surface area is 257 Å². The fourth-order valence-corrected chi connectivity index (χ4v) is 10.8. The summed E-state index contributed by atoms with van der Waals surface area (Å²) in [6.07, 6.45) is -0.681. The van der Waals surface area contributed by atoms with Gasteiger partial charge >= 0.3 is 0 Å². The molecule has 0 amide bonds. The number of hydrogen-bond donors (Lipinski definition) is 1. The van der Waals surface area contributed by atoms with Crippen molar-refractivity contribution in [3.63, 3.8) is 0 Å². The molecule has 0 spiro atoms. The minimum absolute atomic E-state index is 0.129. The predicted molar refractivity (Wildman–Crippen MR) is 178 cm³/mol. The molecular weight excluding hydrogens is 555 g/mol. The number of hydrogen-bond acceptors (Lipinski definition) is 4. The van der Waals surface area contributed by atoms with Crippen LogP contribution in [-0.4, -0.2) is 38.2 Å². The molecule has 1 N–H and O–H groups in total. The molecule has 0 radical (unpaired) electrons. The van der Waals surface area contributed by atoms with Gasteiger partial charge in [0.1, 0.15) is 17.2 Å². The van der Waals surface area contributed by atoms with Crippen LogP contribution in [-0.2, 0) is 27.1 Å². The average Bonchev–Trinajstić information content (AvgIpc) is 3.30. The maximum atomic E-state index is 7.29. The standard InChI is InChI=1S/C36H41NO3SSi/c1-27-20-22-29(23-21-27)25-38-33-32(37-35(41)34(33)39-24-28-14-8-5-9-15-28)26-40-42(36(2,3)4,30-16-10-6-11-17-30)31-18-12-7-13-19-31/h5-23,32-34H,24-26H2,1-4H3,(H,37,41). The van der Waals surface area contributed by atoms with Gasteiger partial charge in [-0.3, -0.25) is 0 Å². The summed E-state index contributed by atoms with van der Waals surface area (Å²) < 4.78 is 20.4. The molecule has 4 aromatic carbocycles. The first-order valence-electron chi connectivity index (χ1n) is 14.7. The molecule has 0 bridgehead atoms. The third-order valence-electron chi connectivity index (χ3n) is 8.01. The molecule has 0 saturated carbocycles. The van der Waals surface area contributed by atoms with Crippen LogP contribution in [0.5, 0.6) is 0 Å². The van der Waals surface area contributed by atoms with E-state index in [1.165, 1.54) is 15.9 Å². The lowest BCUT2D eigenvalue weighted by molar-refractivity contribution is -0.0608. The van der Waals surface area contributed by atoms with Crippen LogP contribution in [0, 0.1) is 6.92 Å². The van der Waals surface area contributed by atoms with Crippen LogP contribution in [0.4, 0.5) is 0 Å². The quantitative estimate of drug-likeness (QED) is 0.162. The molecule has 4 aromatic rings. The first-order valence-corrected chi connectivity index (χ1v) is 17.0. The smallest absolute Gasteiger partial charge is 0.261 e. The van der Waals surface area contributed by atoms with E-state index in [0.29, 0.717) is 24.8 Å². The number of nitrogens with one attached hydrogen (secondary N) is 1. The van der Waals surface area contributed by atoms with Crippen LogP contribution < -0.4 is 15.7 Å². The van der Waals surface area contributed by atoms with Crippen molar-refractivity contribution >= 4 is 35.9 Å². The molecule has 0 aliphatic carbocycles. The maximum Gasteiger partial charge on any atom is 0.261 e.